The number of nitrogens with zero attached hydrogens (tertiary/aromatic N) is 1. The molecule has 5 nitrogen and oxygen atoms in total. The zero-order chi connectivity index (χ0) is 16.7. The molecule has 122 valence electrons. The minimum Gasteiger partial charge on any atom is -0.489 e. The third-order valence-corrected chi connectivity index (χ3v) is 3.30. The van der Waals surface area contributed by atoms with Crippen molar-refractivity contribution in [3.8, 4) is 11.5 Å². The molecule has 2 rings (SSSR count). The fourth-order valence-corrected chi connectivity index (χ4v) is 1.94. The first-order chi connectivity index (χ1) is 11.1. The summed E-state index contributed by atoms with van der Waals surface area (Å²) in [5, 5.41) is 2.51. The smallest absolute Gasteiger partial charge is 0.257 e. The predicted molar refractivity (Wildman–Crippen MR) is 91.1 cm³/mol. The van der Waals surface area contributed by atoms with E-state index in [1.807, 2.05) is 38.4 Å². The zero-order valence-electron chi connectivity index (χ0n) is 13.7. The van der Waals surface area contributed by atoms with Gasteiger partial charge in [-0.2, -0.15) is 0 Å². The summed E-state index contributed by atoms with van der Waals surface area (Å²) in [6, 6.07) is 15.4. The van der Waals surface area contributed by atoms with Crippen LogP contribution in [-0.4, -0.2) is 33.7 Å². The first-order valence-electron chi connectivity index (χ1n) is 7.41. The van der Waals surface area contributed by atoms with Gasteiger partial charge in [0.05, 0.1) is 0 Å². The molecule has 0 radical (unpaired) electrons. The molecule has 0 heterocycles. The number of amides is 1. The Morgan fingerprint density at radius 1 is 1.04 bits per heavy atom. The van der Waals surface area contributed by atoms with Gasteiger partial charge in [0.25, 0.3) is 5.91 Å². The highest BCUT2D eigenvalue weighted by Gasteiger charge is 2.02. The van der Waals surface area contributed by atoms with Gasteiger partial charge in [-0.15, -0.1) is 0 Å². The molecule has 0 atom stereocenters. The van der Waals surface area contributed by atoms with E-state index in [9.17, 15) is 4.79 Å². The molecule has 2 aromatic rings. The molecule has 0 unspecified atom stereocenters. The molecule has 0 bridgehead atoms. The molecule has 23 heavy (non-hydrogen) atoms. The Hall–Kier alpha value is -2.69. The summed E-state index contributed by atoms with van der Waals surface area (Å²) in [7, 11) is 5.60. The lowest BCUT2D eigenvalue weighted by molar-refractivity contribution is -0.122. The average Bonchev–Trinajstić information content (AvgIpc) is 2.59. The number of carbonyl (C=O) groups is 1. The molecular formula is C18H22N2O3. The second kappa shape index (κ2) is 8.08. The highest BCUT2D eigenvalue weighted by Crippen LogP contribution is 2.20. The van der Waals surface area contributed by atoms with Gasteiger partial charge in [0.15, 0.2) is 6.61 Å². The van der Waals surface area contributed by atoms with Crippen LogP contribution in [0.1, 0.15) is 5.56 Å². The molecule has 0 saturated heterocycles. The average molecular weight is 314 g/mol. The lowest BCUT2D eigenvalue weighted by Crippen LogP contribution is -2.24. The Bertz CT molecular complexity index is 639. The van der Waals surface area contributed by atoms with Gasteiger partial charge in [0.1, 0.15) is 18.1 Å². The summed E-state index contributed by atoms with van der Waals surface area (Å²) in [5.74, 6) is 1.23. The number of hydrogen-bond acceptors (Lipinski definition) is 4. The van der Waals surface area contributed by atoms with Crippen LogP contribution in [0.25, 0.3) is 0 Å². The molecule has 1 amide bonds. The Morgan fingerprint density at radius 2 is 1.70 bits per heavy atom. The van der Waals surface area contributed by atoms with Crippen molar-refractivity contribution >= 4 is 11.6 Å². The van der Waals surface area contributed by atoms with Gasteiger partial charge in [0.2, 0.25) is 0 Å². The van der Waals surface area contributed by atoms with Crippen molar-refractivity contribution in [3.05, 3.63) is 54.1 Å². The fraction of sp³-hybridized carbons (Fsp3) is 0.278. The third kappa shape index (κ3) is 5.21. The summed E-state index contributed by atoms with van der Waals surface area (Å²) in [6.07, 6.45) is 0. The molecule has 2 aromatic carbocycles. The maximum atomic E-state index is 11.1. The minimum absolute atomic E-state index is 0.00797. The second-order valence-corrected chi connectivity index (χ2v) is 5.29. The van der Waals surface area contributed by atoms with Crippen LogP contribution in [0.2, 0.25) is 0 Å². The topological polar surface area (TPSA) is 50.8 Å². The van der Waals surface area contributed by atoms with Gasteiger partial charge in [0, 0.05) is 26.8 Å². The van der Waals surface area contributed by atoms with Crippen molar-refractivity contribution in [1.82, 2.24) is 5.32 Å². The van der Waals surface area contributed by atoms with Crippen molar-refractivity contribution < 1.29 is 14.3 Å². The maximum absolute atomic E-state index is 11.1. The number of ether oxygens (including phenoxy) is 2. The summed E-state index contributed by atoms with van der Waals surface area (Å²) in [6.45, 7) is 0.508. The van der Waals surface area contributed by atoms with Crippen LogP contribution >= 0.6 is 0 Å². The van der Waals surface area contributed by atoms with Gasteiger partial charge < -0.3 is 19.7 Å². The Balaban J connectivity index is 1.88. The molecule has 0 spiro atoms. The SMILES string of the molecule is CNC(=O)COc1ccc(OCc2cccc(N(C)C)c2)cc1. The van der Waals surface area contributed by atoms with Crippen LogP contribution < -0.4 is 19.7 Å². The van der Waals surface area contributed by atoms with Gasteiger partial charge >= 0.3 is 0 Å². The van der Waals surface area contributed by atoms with Crippen LogP contribution in [0, 0.1) is 0 Å². The van der Waals surface area contributed by atoms with Crippen molar-refractivity contribution in [2.45, 2.75) is 6.61 Å². The second-order valence-electron chi connectivity index (χ2n) is 5.29. The first-order valence-corrected chi connectivity index (χ1v) is 7.41. The number of likely N-dealkylation sites (N-methyl/N-ethyl adjacent to an activating group) is 1. The van der Waals surface area contributed by atoms with E-state index in [0.717, 1.165) is 17.0 Å². The number of anilines is 1. The largest absolute Gasteiger partial charge is 0.489 e. The normalized spacial score (nSPS) is 10.0. The van der Waals surface area contributed by atoms with Crippen LogP contribution in [0.5, 0.6) is 11.5 Å². The Labute approximate surface area is 136 Å². The molecular weight excluding hydrogens is 292 g/mol. The number of benzene rings is 2. The zero-order valence-corrected chi connectivity index (χ0v) is 13.7. The molecule has 0 fully saturated rings. The summed E-state index contributed by atoms with van der Waals surface area (Å²) in [4.78, 5) is 13.2. The summed E-state index contributed by atoms with van der Waals surface area (Å²) >= 11 is 0. The predicted octanol–water partition coefficient (Wildman–Crippen LogP) is 2.46. The maximum Gasteiger partial charge on any atom is 0.257 e. The van der Waals surface area contributed by atoms with Gasteiger partial charge in [-0.05, 0) is 42.0 Å². The van der Waals surface area contributed by atoms with Gasteiger partial charge in [-0.25, -0.2) is 0 Å². The molecule has 0 aliphatic carbocycles. The van der Waals surface area contributed by atoms with Crippen molar-refractivity contribution in [2.75, 3.05) is 32.6 Å². The number of hydrogen-bond donors (Lipinski definition) is 1. The summed E-state index contributed by atoms with van der Waals surface area (Å²) < 4.78 is 11.1. The lowest BCUT2D eigenvalue weighted by Gasteiger charge is -2.14. The van der Waals surface area contributed by atoms with Crippen LogP contribution in [0.15, 0.2) is 48.5 Å². The molecule has 0 aliphatic heterocycles. The molecule has 0 saturated carbocycles. The molecule has 5 heteroatoms. The van der Waals surface area contributed by atoms with Crippen LogP contribution in [-0.2, 0) is 11.4 Å². The Kier molecular flexibility index (Phi) is 5.86. The molecule has 0 aliphatic rings. The van der Waals surface area contributed by atoms with Crippen molar-refractivity contribution in [1.29, 1.82) is 0 Å². The van der Waals surface area contributed by atoms with Crippen molar-refractivity contribution in [3.63, 3.8) is 0 Å². The van der Waals surface area contributed by atoms with E-state index in [2.05, 4.69) is 22.3 Å². The Morgan fingerprint density at radius 3 is 2.30 bits per heavy atom. The standard InChI is InChI=1S/C18H22N2O3/c1-19-18(21)13-23-17-9-7-16(8-10-17)22-12-14-5-4-6-15(11-14)20(2)3/h4-11H,12-13H2,1-3H3,(H,19,21). The van der Waals surface area contributed by atoms with E-state index in [0.29, 0.717) is 12.4 Å². The fourth-order valence-electron chi connectivity index (χ4n) is 1.94. The number of carbonyl (C=O) groups excluding carboxylic acids is 1. The monoisotopic (exact) mass is 314 g/mol. The van der Waals surface area contributed by atoms with E-state index >= 15 is 0 Å². The minimum atomic E-state index is -0.161. The van der Waals surface area contributed by atoms with Crippen LogP contribution in [0.4, 0.5) is 5.69 Å². The van der Waals surface area contributed by atoms with E-state index in [1.54, 1.807) is 19.2 Å². The van der Waals surface area contributed by atoms with E-state index in [1.165, 1.54) is 0 Å². The number of nitrogens with one attached hydrogen (secondary N) is 1. The van der Waals surface area contributed by atoms with E-state index in [4.69, 9.17) is 9.47 Å². The van der Waals surface area contributed by atoms with E-state index in [-0.39, 0.29) is 12.5 Å². The first kappa shape index (κ1) is 16.7. The highest BCUT2D eigenvalue weighted by atomic mass is 16.5. The van der Waals surface area contributed by atoms with E-state index < -0.39 is 0 Å². The van der Waals surface area contributed by atoms with Gasteiger partial charge in [-0.1, -0.05) is 12.1 Å². The lowest BCUT2D eigenvalue weighted by atomic mass is 10.2. The third-order valence-electron chi connectivity index (χ3n) is 3.30. The highest BCUT2D eigenvalue weighted by molar-refractivity contribution is 5.77. The molecule has 0 aromatic heterocycles. The molecule has 1 N–H and O–H groups in total. The van der Waals surface area contributed by atoms with Crippen LogP contribution in [0.3, 0.4) is 0 Å². The quantitative estimate of drug-likeness (QED) is 0.853. The summed E-state index contributed by atoms with van der Waals surface area (Å²) in [5.41, 5.74) is 2.25. The number of rotatable bonds is 7. The van der Waals surface area contributed by atoms with Gasteiger partial charge in [-0.3, -0.25) is 4.79 Å². The van der Waals surface area contributed by atoms with Crippen molar-refractivity contribution in [2.24, 2.45) is 0 Å².